The lowest BCUT2D eigenvalue weighted by Gasteiger charge is -2.18. The Balaban J connectivity index is 4.37. The van der Waals surface area contributed by atoms with Crippen LogP contribution in [0.15, 0.2) is 72.9 Å². The summed E-state index contributed by atoms with van der Waals surface area (Å²) in [6.07, 6.45) is 87.7. The van der Waals surface area contributed by atoms with Gasteiger partial charge in [0.15, 0.2) is 6.10 Å². The van der Waals surface area contributed by atoms with Crippen molar-refractivity contribution in [3.05, 3.63) is 72.9 Å². The molecule has 1 unspecified atom stereocenters. The summed E-state index contributed by atoms with van der Waals surface area (Å²) in [6, 6.07) is 0. The highest BCUT2D eigenvalue weighted by atomic mass is 16.6. The summed E-state index contributed by atoms with van der Waals surface area (Å²) in [5.74, 6) is -0.878. The molecule has 1 atom stereocenters. The van der Waals surface area contributed by atoms with E-state index in [-0.39, 0.29) is 31.1 Å². The number of esters is 3. The summed E-state index contributed by atoms with van der Waals surface area (Å²) in [5.41, 5.74) is 0. The van der Waals surface area contributed by atoms with Crippen LogP contribution in [-0.2, 0) is 28.6 Å². The standard InChI is InChI=1S/C73H130O6/c1-4-7-10-13-16-19-22-25-28-31-33-35-36-38-39-42-45-48-51-54-57-60-63-66-72(75)78-69-70(68-77-71(74)65-62-59-56-53-50-47-44-41-30-27-24-21-18-15-12-9-6-3)79-73(76)67-64-61-58-55-52-49-46-43-40-37-34-32-29-26-23-20-17-14-11-8-5-2/h8,11,17,20,26,29,31,33-34,37,43,46,70H,4-7,9-10,12-16,18-19,21-25,27-28,30,32,35-36,38-42,44-45,47-69H2,1-3H3/b11-8-,20-17-,29-26-,33-31-,37-34-,46-43-. The molecule has 6 heteroatoms. The molecule has 0 saturated carbocycles. The maximum atomic E-state index is 12.9. The zero-order valence-electron chi connectivity index (χ0n) is 52.6. The number of rotatable bonds is 63. The zero-order chi connectivity index (χ0) is 57.1. The fraction of sp³-hybridized carbons (Fsp3) is 0.795. The maximum absolute atomic E-state index is 12.9. The summed E-state index contributed by atoms with van der Waals surface area (Å²) in [7, 11) is 0. The summed E-state index contributed by atoms with van der Waals surface area (Å²) in [5, 5.41) is 0. The van der Waals surface area contributed by atoms with Gasteiger partial charge >= 0.3 is 17.9 Å². The second kappa shape index (κ2) is 67.4. The Morgan fingerprint density at radius 2 is 0.494 bits per heavy atom. The van der Waals surface area contributed by atoms with Crippen LogP contribution in [0.25, 0.3) is 0 Å². The lowest BCUT2D eigenvalue weighted by Crippen LogP contribution is -2.30. The van der Waals surface area contributed by atoms with Crippen molar-refractivity contribution in [2.24, 2.45) is 0 Å². The molecule has 0 aromatic rings. The van der Waals surface area contributed by atoms with Crippen molar-refractivity contribution in [2.75, 3.05) is 13.2 Å². The van der Waals surface area contributed by atoms with Gasteiger partial charge in [0.05, 0.1) is 0 Å². The van der Waals surface area contributed by atoms with E-state index < -0.39 is 6.10 Å². The molecule has 0 spiro atoms. The minimum Gasteiger partial charge on any atom is -0.462 e. The Bertz CT molecular complexity index is 1450. The van der Waals surface area contributed by atoms with Crippen molar-refractivity contribution < 1.29 is 28.6 Å². The third kappa shape index (κ3) is 65.5. The first-order valence-electron chi connectivity index (χ1n) is 34.4. The van der Waals surface area contributed by atoms with Gasteiger partial charge in [-0.25, -0.2) is 0 Å². The molecule has 0 radical (unpaired) electrons. The molecule has 0 rings (SSSR count). The number of hydrogen-bond acceptors (Lipinski definition) is 6. The molecular weight excluding hydrogens is 973 g/mol. The fourth-order valence-corrected chi connectivity index (χ4v) is 10.1. The molecule has 458 valence electrons. The second-order valence-corrected chi connectivity index (χ2v) is 23.1. The normalized spacial score (nSPS) is 12.5. The quantitative estimate of drug-likeness (QED) is 0.0261. The van der Waals surface area contributed by atoms with E-state index >= 15 is 0 Å². The average Bonchev–Trinajstić information content (AvgIpc) is 3.45. The molecule has 0 bridgehead atoms. The predicted molar refractivity (Wildman–Crippen MR) is 344 cm³/mol. The monoisotopic (exact) mass is 1100 g/mol. The topological polar surface area (TPSA) is 78.9 Å². The first kappa shape index (κ1) is 75.8. The summed E-state index contributed by atoms with van der Waals surface area (Å²) >= 11 is 0. The van der Waals surface area contributed by atoms with Crippen molar-refractivity contribution in [2.45, 2.75) is 361 Å². The van der Waals surface area contributed by atoms with E-state index in [1.54, 1.807) is 0 Å². The molecule has 79 heavy (non-hydrogen) atoms. The highest BCUT2D eigenvalue weighted by molar-refractivity contribution is 5.71. The Morgan fingerprint density at radius 3 is 0.785 bits per heavy atom. The lowest BCUT2D eigenvalue weighted by molar-refractivity contribution is -0.167. The minimum absolute atomic E-state index is 0.0800. The molecule has 0 aliphatic heterocycles. The van der Waals surface area contributed by atoms with Crippen LogP contribution in [-0.4, -0.2) is 37.2 Å². The third-order valence-corrected chi connectivity index (χ3v) is 15.2. The van der Waals surface area contributed by atoms with E-state index in [0.29, 0.717) is 19.3 Å². The van der Waals surface area contributed by atoms with E-state index in [9.17, 15) is 14.4 Å². The van der Waals surface area contributed by atoms with Gasteiger partial charge in [0, 0.05) is 19.3 Å². The molecule has 0 aliphatic carbocycles. The molecule has 6 nitrogen and oxygen atoms in total. The Labute approximate surface area is 491 Å². The van der Waals surface area contributed by atoms with Gasteiger partial charge in [0.2, 0.25) is 0 Å². The molecule has 0 saturated heterocycles. The summed E-state index contributed by atoms with van der Waals surface area (Å²) in [4.78, 5) is 38.4. The number of carbonyl (C=O) groups is 3. The van der Waals surface area contributed by atoms with Crippen molar-refractivity contribution >= 4 is 17.9 Å². The summed E-state index contributed by atoms with van der Waals surface area (Å²) in [6.45, 7) is 6.57. The third-order valence-electron chi connectivity index (χ3n) is 15.2. The lowest BCUT2D eigenvalue weighted by atomic mass is 10.0. The second-order valence-electron chi connectivity index (χ2n) is 23.1. The smallest absolute Gasteiger partial charge is 0.306 e. The molecule has 0 aromatic heterocycles. The Kier molecular flexibility index (Phi) is 64.7. The van der Waals surface area contributed by atoms with Gasteiger partial charge in [0.1, 0.15) is 13.2 Å². The maximum Gasteiger partial charge on any atom is 0.306 e. The number of ether oxygens (including phenoxy) is 3. The van der Waals surface area contributed by atoms with Gasteiger partial charge in [-0.15, -0.1) is 0 Å². The number of allylic oxidation sites excluding steroid dienone is 12. The van der Waals surface area contributed by atoms with Crippen LogP contribution in [0.5, 0.6) is 0 Å². The fourth-order valence-electron chi connectivity index (χ4n) is 10.1. The zero-order valence-corrected chi connectivity index (χ0v) is 52.6. The van der Waals surface area contributed by atoms with Crippen LogP contribution in [0.1, 0.15) is 355 Å². The van der Waals surface area contributed by atoms with Crippen molar-refractivity contribution in [3.63, 3.8) is 0 Å². The van der Waals surface area contributed by atoms with Gasteiger partial charge in [-0.3, -0.25) is 14.4 Å². The average molecular weight is 1100 g/mol. The highest BCUT2D eigenvalue weighted by Crippen LogP contribution is 2.17. The Hall–Kier alpha value is -3.15. The molecule has 0 heterocycles. The van der Waals surface area contributed by atoms with Crippen LogP contribution in [0.2, 0.25) is 0 Å². The molecule has 0 amide bonds. The van der Waals surface area contributed by atoms with Gasteiger partial charge in [0.25, 0.3) is 0 Å². The van der Waals surface area contributed by atoms with Crippen LogP contribution < -0.4 is 0 Å². The first-order valence-corrected chi connectivity index (χ1v) is 34.4. The van der Waals surface area contributed by atoms with Gasteiger partial charge < -0.3 is 14.2 Å². The van der Waals surface area contributed by atoms with Crippen molar-refractivity contribution in [1.29, 1.82) is 0 Å². The highest BCUT2D eigenvalue weighted by Gasteiger charge is 2.19. The van der Waals surface area contributed by atoms with Crippen LogP contribution in [0, 0.1) is 0 Å². The van der Waals surface area contributed by atoms with Crippen LogP contribution >= 0.6 is 0 Å². The number of hydrogen-bond donors (Lipinski definition) is 0. The van der Waals surface area contributed by atoms with Crippen LogP contribution in [0.3, 0.4) is 0 Å². The largest absolute Gasteiger partial charge is 0.462 e. The minimum atomic E-state index is -0.786. The first-order chi connectivity index (χ1) is 39.0. The molecule has 0 aliphatic rings. The van der Waals surface area contributed by atoms with E-state index in [4.69, 9.17) is 14.2 Å². The number of carbonyl (C=O) groups excluding carboxylic acids is 3. The molecule has 0 aromatic carbocycles. The molecule has 0 fully saturated rings. The van der Waals surface area contributed by atoms with Crippen molar-refractivity contribution in [3.8, 4) is 0 Å². The Morgan fingerprint density at radius 1 is 0.266 bits per heavy atom. The summed E-state index contributed by atoms with van der Waals surface area (Å²) < 4.78 is 17.0. The number of unbranched alkanes of at least 4 members (excludes halogenated alkanes) is 40. The van der Waals surface area contributed by atoms with E-state index in [1.165, 1.54) is 205 Å². The molecular formula is C73H130O6. The van der Waals surface area contributed by atoms with Gasteiger partial charge in [-0.2, -0.15) is 0 Å². The predicted octanol–water partition coefficient (Wildman–Crippen LogP) is 23.7. The van der Waals surface area contributed by atoms with Gasteiger partial charge in [-0.05, 0) is 89.9 Å². The van der Waals surface area contributed by atoms with E-state index in [2.05, 4.69) is 93.7 Å². The van der Waals surface area contributed by atoms with Crippen molar-refractivity contribution in [1.82, 2.24) is 0 Å². The van der Waals surface area contributed by atoms with Gasteiger partial charge in [-0.1, -0.05) is 318 Å². The van der Waals surface area contributed by atoms with Crippen LogP contribution in [0.4, 0.5) is 0 Å². The van der Waals surface area contributed by atoms with E-state index in [0.717, 1.165) is 109 Å². The molecule has 0 N–H and O–H groups in total. The SMILES string of the molecule is CC/C=C\C/C=C\C/C=C\C/C=C\C/C=C\CCCCCCCC(=O)OC(COC(=O)CCCCCCCCCCCCC/C=C\CCCCCCCCCC)COC(=O)CCCCCCCCCCCCCCCCCCC. The van der Waals surface area contributed by atoms with E-state index in [1.807, 2.05) is 0 Å².